The number of guanidine groups is 1. The Bertz CT molecular complexity index is 406. The highest BCUT2D eigenvalue weighted by atomic mass is 32.1. The van der Waals surface area contributed by atoms with E-state index in [4.69, 9.17) is 5.73 Å². The number of nitrogens with zero attached hydrogens (tertiary/aromatic N) is 2. The minimum atomic E-state index is 0.116. The average Bonchev–Trinajstić information content (AvgIpc) is 2.69. The molecule has 0 aromatic carbocycles. The first-order valence-electron chi connectivity index (χ1n) is 5.40. The third-order valence-electron chi connectivity index (χ3n) is 1.99. The van der Waals surface area contributed by atoms with Gasteiger partial charge in [-0.15, -0.1) is 6.58 Å². The van der Waals surface area contributed by atoms with Crippen LogP contribution in [0.2, 0.25) is 0 Å². The molecule has 0 spiro atoms. The number of amidine groups is 1. The third kappa shape index (κ3) is 5.31. The predicted molar refractivity (Wildman–Crippen MR) is 76.9 cm³/mol. The van der Waals surface area contributed by atoms with Crippen molar-refractivity contribution < 1.29 is 0 Å². The summed E-state index contributed by atoms with van der Waals surface area (Å²) in [7, 11) is 0. The molecule has 0 saturated heterocycles. The molecule has 1 atom stereocenters. The number of hydrogen-bond donors (Lipinski definition) is 2. The molecule has 0 amide bonds. The molecular formula is C12H18N4S. The van der Waals surface area contributed by atoms with Gasteiger partial charge in [-0.05, 0) is 31.7 Å². The highest BCUT2D eigenvalue weighted by Gasteiger charge is 1.99. The molecule has 0 aliphatic heterocycles. The summed E-state index contributed by atoms with van der Waals surface area (Å²) in [6.45, 7) is 7.50. The second-order valence-electron chi connectivity index (χ2n) is 3.69. The van der Waals surface area contributed by atoms with E-state index in [9.17, 15) is 0 Å². The van der Waals surface area contributed by atoms with Crippen LogP contribution < -0.4 is 11.1 Å². The van der Waals surface area contributed by atoms with Gasteiger partial charge in [0.1, 0.15) is 5.84 Å². The smallest absolute Gasteiger partial charge is 0.217 e. The van der Waals surface area contributed by atoms with Gasteiger partial charge in [-0.2, -0.15) is 11.3 Å². The number of nitrogens with one attached hydrogen (secondary N) is 1. The van der Waals surface area contributed by atoms with Crippen LogP contribution >= 0.6 is 11.3 Å². The second kappa shape index (κ2) is 6.85. The molecule has 0 aliphatic carbocycles. The summed E-state index contributed by atoms with van der Waals surface area (Å²) in [5, 5.41) is 7.14. The van der Waals surface area contributed by atoms with Gasteiger partial charge >= 0.3 is 0 Å². The topological polar surface area (TPSA) is 62.8 Å². The summed E-state index contributed by atoms with van der Waals surface area (Å²) in [4.78, 5) is 8.41. The standard InChI is InChI=1S/C12H18N4S/c1-4-5-9(2)14-12(13)16-10(3)15-11-6-7-17-8-11/h4,6-9H,1,5H2,2-3H3,(H3,13,14,15,16). The lowest BCUT2D eigenvalue weighted by atomic mass is 10.2. The Morgan fingerprint density at radius 3 is 3.06 bits per heavy atom. The fraction of sp³-hybridized carbons (Fsp3) is 0.333. The monoisotopic (exact) mass is 250 g/mol. The van der Waals surface area contributed by atoms with Crippen LogP contribution in [-0.2, 0) is 0 Å². The van der Waals surface area contributed by atoms with Crippen LogP contribution in [0.1, 0.15) is 20.3 Å². The summed E-state index contributed by atoms with van der Waals surface area (Å²) in [5.41, 5.74) is 6.74. The second-order valence-corrected chi connectivity index (χ2v) is 4.47. The van der Waals surface area contributed by atoms with Crippen molar-refractivity contribution in [3.63, 3.8) is 0 Å². The lowest BCUT2D eigenvalue weighted by Crippen LogP contribution is -2.17. The van der Waals surface area contributed by atoms with Crippen molar-refractivity contribution in [3.8, 4) is 0 Å². The van der Waals surface area contributed by atoms with Gasteiger partial charge in [-0.25, -0.2) is 9.98 Å². The molecule has 92 valence electrons. The van der Waals surface area contributed by atoms with Crippen LogP contribution in [0.5, 0.6) is 0 Å². The fourth-order valence-corrected chi connectivity index (χ4v) is 1.88. The van der Waals surface area contributed by atoms with Crippen molar-refractivity contribution in [2.24, 2.45) is 15.7 Å². The molecule has 0 bridgehead atoms. The quantitative estimate of drug-likeness (QED) is 0.490. The Balaban J connectivity index is 2.58. The van der Waals surface area contributed by atoms with Gasteiger partial charge in [0, 0.05) is 5.38 Å². The zero-order valence-electron chi connectivity index (χ0n) is 10.2. The van der Waals surface area contributed by atoms with Gasteiger partial charge in [0.25, 0.3) is 0 Å². The van der Waals surface area contributed by atoms with E-state index in [1.807, 2.05) is 36.7 Å². The van der Waals surface area contributed by atoms with Crippen molar-refractivity contribution in [1.82, 2.24) is 0 Å². The molecule has 1 aromatic rings. The van der Waals surface area contributed by atoms with E-state index < -0.39 is 0 Å². The summed E-state index contributed by atoms with van der Waals surface area (Å²) >= 11 is 1.63. The molecule has 17 heavy (non-hydrogen) atoms. The van der Waals surface area contributed by atoms with Gasteiger partial charge in [-0.3, -0.25) is 0 Å². The maximum Gasteiger partial charge on any atom is 0.217 e. The van der Waals surface area contributed by atoms with Gasteiger partial charge < -0.3 is 11.1 Å². The van der Waals surface area contributed by atoms with Crippen molar-refractivity contribution in [2.45, 2.75) is 26.3 Å². The summed E-state index contributed by atoms with van der Waals surface area (Å²) in [6.07, 6.45) is 2.62. The molecular weight excluding hydrogens is 232 g/mol. The Kier molecular flexibility index (Phi) is 5.42. The van der Waals surface area contributed by atoms with E-state index in [2.05, 4.69) is 21.9 Å². The van der Waals surface area contributed by atoms with Crippen LogP contribution in [0.15, 0.2) is 39.5 Å². The van der Waals surface area contributed by atoms with E-state index in [1.54, 1.807) is 11.3 Å². The minimum Gasteiger partial charge on any atom is -0.368 e. The molecule has 1 heterocycles. The van der Waals surface area contributed by atoms with Crippen molar-refractivity contribution in [2.75, 3.05) is 5.32 Å². The zero-order valence-corrected chi connectivity index (χ0v) is 11.0. The Morgan fingerprint density at radius 2 is 2.47 bits per heavy atom. The van der Waals surface area contributed by atoms with Crippen LogP contribution in [0.4, 0.5) is 5.69 Å². The number of thiophene rings is 1. The molecule has 1 aromatic heterocycles. The van der Waals surface area contributed by atoms with Gasteiger partial charge in [-0.1, -0.05) is 6.08 Å². The minimum absolute atomic E-state index is 0.116. The van der Waals surface area contributed by atoms with Gasteiger partial charge in [0.2, 0.25) is 5.96 Å². The highest BCUT2D eigenvalue weighted by Crippen LogP contribution is 2.11. The summed E-state index contributed by atoms with van der Waals surface area (Å²) in [6, 6.07) is 2.10. The van der Waals surface area contributed by atoms with Crippen LogP contribution in [-0.4, -0.2) is 17.8 Å². The molecule has 0 saturated carbocycles. The molecule has 4 nitrogen and oxygen atoms in total. The largest absolute Gasteiger partial charge is 0.368 e. The predicted octanol–water partition coefficient (Wildman–Crippen LogP) is 2.86. The molecule has 0 aliphatic rings. The van der Waals surface area contributed by atoms with Crippen molar-refractivity contribution in [3.05, 3.63) is 29.5 Å². The first-order valence-corrected chi connectivity index (χ1v) is 6.34. The average molecular weight is 250 g/mol. The van der Waals surface area contributed by atoms with E-state index >= 15 is 0 Å². The van der Waals surface area contributed by atoms with E-state index in [-0.39, 0.29) is 6.04 Å². The number of anilines is 1. The first kappa shape index (κ1) is 13.4. The first-order chi connectivity index (χ1) is 8.11. The third-order valence-corrected chi connectivity index (χ3v) is 2.67. The van der Waals surface area contributed by atoms with E-state index in [1.165, 1.54) is 0 Å². The molecule has 5 heteroatoms. The SMILES string of the molecule is C=CCC(C)N=C(N)N=C(C)Nc1ccsc1. The normalized spacial score (nSPS) is 14.5. The van der Waals surface area contributed by atoms with Crippen LogP contribution in [0.25, 0.3) is 0 Å². The lowest BCUT2D eigenvalue weighted by Gasteiger charge is -2.05. The van der Waals surface area contributed by atoms with Crippen LogP contribution in [0.3, 0.4) is 0 Å². The molecule has 1 unspecified atom stereocenters. The van der Waals surface area contributed by atoms with E-state index in [0.717, 1.165) is 17.9 Å². The highest BCUT2D eigenvalue weighted by molar-refractivity contribution is 7.08. The fourth-order valence-electron chi connectivity index (χ4n) is 1.29. The molecule has 0 radical (unpaired) electrons. The Morgan fingerprint density at radius 1 is 1.71 bits per heavy atom. The molecule has 1 rings (SSSR count). The summed E-state index contributed by atoms with van der Waals surface area (Å²) < 4.78 is 0. The summed E-state index contributed by atoms with van der Waals surface area (Å²) in [5.74, 6) is 1.02. The number of aliphatic imine (C=N–C) groups is 2. The van der Waals surface area contributed by atoms with E-state index in [0.29, 0.717) is 5.96 Å². The van der Waals surface area contributed by atoms with Gasteiger partial charge in [0.05, 0.1) is 11.7 Å². The lowest BCUT2D eigenvalue weighted by molar-refractivity contribution is 0.757. The molecule has 0 fully saturated rings. The van der Waals surface area contributed by atoms with Crippen molar-refractivity contribution >= 4 is 28.8 Å². The van der Waals surface area contributed by atoms with Crippen LogP contribution in [0, 0.1) is 0 Å². The zero-order chi connectivity index (χ0) is 12.7. The number of hydrogen-bond acceptors (Lipinski definition) is 2. The van der Waals surface area contributed by atoms with Gasteiger partial charge in [0.15, 0.2) is 0 Å². The maximum absolute atomic E-state index is 5.73. The number of rotatable bonds is 4. The Hall–Kier alpha value is -1.62. The Labute approximate surface area is 106 Å². The number of nitrogens with two attached hydrogens (primary N) is 1. The molecule has 3 N–H and O–H groups in total. The van der Waals surface area contributed by atoms with Crippen molar-refractivity contribution in [1.29, 1.82) is 0 Å². The maximum atomic E-state index is 5.73.